The van der Waals surface area contributed by atoms with Crippen LogP contribution in [0.5, 0.6) is 0 Å². The van der Waals surface area contributed by atoms with Gasteiger partial charge in [-0.25, -0.2) is 5.43 Å². The smallest absolute Gasteiger partial charge is 0.245 e. The molecule has 0 spiro atoms. The molecule has 96 valence electrons. The highest BCUT2D eigenvalue weighted by molar-refractivity contribution is 5.81. The summed E-state index contributed by atoms with van der Waals surface area (Å²) in [5.41, 5.74) is 3.09. The van der Waals surface area contributed by atoms with E-state index in [2.05, 4.69) is 15.5 Å². The van der Waals surface area contributed by atoms with Crippen LogP contribution in [0.3, 0.4) is 0 Å². The van der Waals surface area contributed by atoms with E-state index in [0.29, 0.717) is 18.9 Å². The zero-order valence-corrected chi connectivity index (χ0v) is 10.1. The monoisotopic (exact) mass is 249 g/mol. The van der Waals surface area contributed by atoms with Gasteiger partial charge in [0.1, 0.15) is 0 Å². The van der Waals surface area contributed by atoms with Crippen LogP contribution in [0.1, 0.15) is 19.0 Å². The molecule has 1 aromatic rings. The summed E-state index contributed by atoms with van der Waals surface area (Å²) >= 11 is 0. The van der Waals surface area contributed by atoms with Gasteiger partial charge in [-0.2, -0.15) is 5.10 Å². The lowest BCUT2D eigenvalue weighted by atomic mass is 10.2. The molecule has 0 atom stereocenters. The Morgan fingerprint density at radius 3 is 3.00 bits per heavy atom. The van der Waals surface area contributed by atoms with Crippen LogP contribution in [0.25, 0.3) is 0 Å². The van der Waals surface area contributed by atoms with E-state index in [1.165, 1.54) is 6.21 Å². The van der Waals surface area contributed by atoms with Crippen LogP contribution < -0.4 is 5.43 Å². The van der Waals surface area contributed by atoms with Gasteiger partial charge >= 0.3 is 0 Å². The number of carbonyl (C=O) groups is 1. The Balaban J connectivity index is 1.80. The molecule has 6 heteroatoms. The van der Waals surface area contributed by atoms with Crippen LogP contribution in [0.2, 0.25) is 0 Å². The lowest BCUT2D eigenvalue weighted by Crippen LogP contribution is -2.33. The standard InChI is InChI=1S/C12H15N3O3/c1-12(17-6-7-18-12)8-11(16)15-14-9-10-4-2-3-5-13-10/h2-5,9H,6-8H2,1H3,(H,15,16). The number of amides is 1. The second kappa shape index (κ2) is 5.70. The first-order chi connectivity index (χ1) is 8.68. The van der Waals surface area contributed by atoms with Crippen LogP contribution in [0, 0.1) is 0 Å². The van der Waals surface area contributed by atoms with Gasteiger partial charge in [-0.3, -0.25) is 9.78 Å². The molecule has 18 heavy (non-hydrogen) atoms. The first-order valence-corrected chi connectivity index (χ1v) is 5.69. The zero-order chi connectivity index (χ0) is 12.8. The molecule has 0 bridgehead atoms. The van der Waals surface area contributed by atoms with Gasteiger partial charge in [0.05, 0.1) is 31.5 Å². The molecule has 1 aliphatic rings. The van der Waals surface area contributed by atoms with Crippen molar-refractivity contribution >= 4 is 12.1 Å². The third-order valence-electron chi connectivity index (χ3n) is 2.45. The first kappa shape index (κ1) is 12.7. The van der Waals surface area contributed by atoms with Crippen molar-refractivity contribution in [2.45, 2.75) is 19.1 Å². The minimum absolute atomic E-state index is 0.118. The summed E-state index contributed by atoms with van der Waals surface area (Å²) in [5.74, 6) is -1.09. The molecule has 1 aliphatic heterocycles. The average molecular weight is 249 g/mol. The predicted molar refractivity (Wildman–Crippen MR) is 64.9 cm³/mol. The largest absolute Gasteiger partial charge is 0.347 e. The van der Waals surface area contributed by atoms with Crippen molar-refractivity contribution in [1.82, 2.24) is 10.4 Å². The van der Waals surface area contributed by atoms with E-state index in [-0.39, 0.29) is 12.3 Å². The summed E-state index contributed by atoms with van der Waals surface area (Å²) in [5, 5.41) is 3.82. The molecule has 0 radical (unpaired) electrons. The van der Waals surface area contributed by atoms with E-state index in [4.69, 9.17) is 9.47 Å². The summed E-state index contributed by atoms with van der Waals surface area (Å²) < 4.78 is 10.7. The van der Waals surface area contributed by atoms with Crippen molar-refractivity contribution in [1.29, 1.82) is 0 Å². The molecular weight excluding hydrogens is 234 g/mol. The van der Waals surface area contributed by atoms with E-state index in [0.717, 1.165) is 0 Å². The number of hydrogen-bond donors (Lipinski definition) is 1. The molecule has 1 amide bonds. The van der Waals surface area contributed by atoms with E-state index < -0.39 is 5.79 Å². The van der Waals surface area contributed by atoms with Gasteiger partial charge < -0.3 is 9.47 Å². The molecule has 0 unspecified atom stereocenters. The average Bonchev–Trinajstić information content (AvgIpc) is 2.77. The number of nitrogens with zero attached hydrogens (tertiary/aromatic N) is 2. The molecule has 1 N–H and O–H groups in total. The van der Waals surface area contributed by atoms with Crippen molar-refractivity contribution in [3.63, 3.8) is 0 Å². The van der Waals surface area contributed by atoms with E-state index in [1.54, 1.807) is 19.2 Å². The highest BCUT2D eigenvalue weighted by Gasteiger charge is 2.33. The van der Waals surface area contributed by atoms with Crippen LogP contribution in [0.15, 0.2) is 29.5 Å². The van der Waals surface area contributed by atoms with Gasteiger partial charge in [-0.15, -0.1) is 0 Å². The lowest BCUT2D eigenvalue weighted by Gasteiger charge is -2.20. The molecule has 0 aliphatic carbocycles. The highest BCUT2D eigenvalue weighted by atomic mass is 16.7. The first-order valence-electron chi connectivity index (χ1n) is 5.69. The maximum absolute atomic E-state index is 11.6. The predicted octanol–water partition coefficient (Wildman–Crippen LogP) is 0.685. The molecule has 0 saturated carbocycles. The fourth-order valence-corrected chi connectivity index (χ4v) is 1.61. The van der Waals surface area contributed by atoms with Gasteiger partial charge in [0.15, 0.2) is 5.79 Å². The Labute approximate surface area is 105 Å². The minimum atomic E-state index is -0.829. The summed E-state index contributed by atoms with van der Waals surface area (Å²) in [6.07, 6.45) is 3.26. The van der Waals surface area contributed by atoms with Crippen molar-refractivity contribution in [3.05, 3.63) is 30.1 Å². The van der Waals surface area contributed by atoms with Gasteiger partial charge in [0, 0.05) is 6.20 Å². The Bertz CT molecular complexity index is 427. The summed E-state index contributed by atoms with van der Waals surface area (Å²) in [6.45, 7) is 2.77. The number of hydrogen-bond acceptors (Lipinski definition) is 5. The molecule has 2 rings (SSSR count). The SMILES string of the molecule is CC1(CC(=O)NN=Cc2ccccn2)OCCO1. The van der Waals surface area contributed by atoms with Gasteiger partial charge in [0.2, 0.25) is 5.91 Å². The van der Waals surface area contributed by atoms with Crippen LogP contribution in [-0.4, -0.2) is 36.1 Å². The maximum atomic E-state index is 11.6. The van der Waals surface area contributed by atoms with Gasteiger partial charge in [-0.05, 0) is 19.1 Å². The molecule has 0 aromatic carbocycles. The Kier molecular flexibility index (Phi) is 4.01. The van der Waals surface area contributed by atoms with Gasteiger partial charge in [0.25, 0.3) is 0 Å². The molecular formula is C12H15N3O3. The number of hydrazone groups is 1. The zero-order valence-electron chi connectivity index (χ0n) is 10.1. The van der Waals surface area contributed by atoms with Crippen LogP contribution in [0.4, 0.5) is 0 Å². The normalized spacial score (nSPS) is 18.1. The fourth-order valence-electron chi connectivity index (χ4n) is 1.61. The number of nitrogens with one attached hydrogen (secondary N) is 1. The molecule has 2 heterocycles. The topological polar surface area (TPSA) is 72.8 Å². The van der Waals surface area contributed by atoms with Crippen LogP contribution >= 0.6 is 0 Å². The minimum Gasteiger partial charge on any atom is -0.347 e. The van der Waals surface area contributed by atoms with Crippen molar-refractivity contribution in [2.75, 3.05) is 13.2 Å². The quantitative estimate of drug-likeness (QED) is 0.629. The maximum Gasteiger partial charge on any atom is 0.245 e. The van der Waals surface area contributed by atoms with Crippen molar-refractivity contribution in [2.24, 2.45) is 5.10 Å². The summed E-state index contributed by atoms with van der Waals surface area (Å²) in [7, 11) is 0. The fraction of sp³-hybridized carbons (Fsp3) is 0.417. The number of ether oxygens (including phenoxy) is 2. The second-order valence-corrected chi connectivity index (χ2v) is 4.06. The Morgan fingerprint density at radius 1 is 1.56 bits per heavy atom. The molecule has 1 aromatic heterocycles. The Morgan fingerprint density at radius 2 is 2.33 bits per heavy atom. The van der Waals surface area contributed by atoms with Crippen LogP contribution in [-0.2, 0) is 14.3 Å². The number of rotatable bonds is 4. The molecule has 1 saturated heterocycles. The Hall–Kier alpha value is -1.79. The van der Waals surface area contributed by atoms with Crippen molar-refractivity contribution < 1.29 is 14.3 Å². The third-order valence-corrected chi connectivity index (χ3v) is 2.45. The summed E-state index contributed by atoms with van der Waals surface area (Å²) in [6, 6.07) is 5.45. The highest BCUT2D eigenvalue weighted by Crippen LogP contribution is 2.21. The van der Waals surface area contributed by atoms with Crippen molar-refractivity contribution in [3.8, 4) is 0 Å². The lowest BCUT2D eigenvalue weighted by molar-refractivity contribution is -0.159. The van der Waals surface area contributed by atoms with Gasteiger partial charge in [-0.1, -0.05) is 6.07 Å². The molecule has 1 fully saturated rings. The third kappa shape index (κ3) is 3.61. The number of aromatic nitrogens is 1. The van der Waals surface area contributed by atoms with E-state index in [9.17, 15) is 4.79 Å². The number of pyridine rings is 1. The molecule has 6 nitrogen and oxygen atoms in total. The summed E-state index contributed by atoms with van der Waals surface area (Å²) in [4.78, 5) is 15.6. The number of carbonyl (C=O) groups excluding carboxylic acids is 1. The van der Waals surface area contributed by atoms with E-state index in [1.807, 2.05) is 12.1 Å². The second-order valence-electron chi connectivity index (χ2n) is 4.06. The van der Waals surface area contributed by atoms with E-state index >= 15 is 0 Å².